The lowest BCUT2D eigenvalue weighted by Crippen LogP contribution is -2.32. The zero-order chi connectivity index (χ0) is 10.8. The third-order valence-electron chi connectivity index (χ3n) is 3.34. The molecule has 0 saturated heterocycles. The maximum absolute atomic E-state index is 10.9. The van der Waals surface area contributed by atoms with Crippen molar-refractivity contribution in [3.05, 3.63) is 0 Å². The number of hydrogen-bond acceptors (Lipinski definition) is 2. The first kappa shape index (κ1) is 12.0. The summed E-state index contributed by atoms with van der Waals surface area (Å²) in [6, 6.07) is 0. The van der Waals surface area contributed by atoms with Crippen LogP contribution >= 0.6 is 0 Å². The van der Waals surface area contributed by atoms with Gasteiger partial charge in [0.25, 0.3) is 0 Å². The van der Waals surface area contributed by atoms with Gasteiger partial charge in [-0.25, -0.2) is 13.1 Å². The first-order chi connectivity index (χ1) is 6.38. The van der Waals surface area contributed by atoms with Gasteiger partial charge in [-0.3, -0.25) is 0 Å². The van der Waals surface area contributed by atoms with E-state index in [0.29, 0.717) is 12.5 Å². The number of nitrogens with one attached hydrogen (secondary N) is 1. The Kier molecular flexibility index (Phi) is 3.95. The topological polar surface area (TPSA) is 46.2 Å². The molecule has 4 heteroatoms. The van der Waals surface area contributed by atoms with Crippen LogP contribution in [-0.4, -0.2) is 21.2 Å². The summed E-state index contributed by atoms with van der Waals surface area (Å²) in [6.07, 6.45) is 4.77. The molecule has 3 unspecified atom stereocenters. The van der Waals surface area contributed by atoms with E-state index >= 15 is 0 Å². The van der Waals surface area contributed by atoms with Crippen LogP contribution in [0.1, 0.15) is 33.1 Å². The van der Waals surface area contributed by atoms with Gasteiger partial charge in [0, 0.05) is 6.54 Å². The van der Waals surface area contributed by atoms with Gasteiger partial charge in [0.05, 0.1) is 6.26 Å². The van der Waals surface area contributed by atoms with E-state index in [2.05, 4.69) is 18.6 Å². The van der Waals surface area contributed by atoms with Crippen LogP contribution in [0.15, 0.2) is 0 Å². The van der Waals surface area contributed by atoms with E-state index in [9.17, 15) is 8.42 Å². The highest BCUT2D eigenvalue weighted by Gasteiger charge is 2.24. The molecule has 0 aliphatic heterocycles. The molecule has 0 bridgehead atoms. The summed E-state index contributed by atoms with van der Waals surface area (Å²) in [7, 11) is -3.00. The SMILES string of the molecule is CC1CCC(CNS(C)(=O)=O)CC1C. The average Bonchev–Trinajstić information content (AvgIpc) is 2.06. The van der Waals surface area contributed by atoms with Crippen LogP contribution in [-0.2, 0) is 10.0 Å². The Hall–Kier alpha value is -0.0900. The van der Waals surface area contributed by atoms with E-state index < -0.39 is 10.0 Å². The third-order valence-corrected chi connectivity index (χ3v) is 4.03. The Morgan fingerprint density at radius 3 is 2.36 bits per heavy atom. The molecule has 1 saturated carbocycles. The van der Waals surface area contributed by atoms with Gasteiger partial charge in [-0.2, -0.15) is 0 Å². The van der Waals surface area contributed by atoms with Gasteiger partial charge >= 0.3 is 0 Å². The van der Waals surface area contributed by atoms with Gasteiger partial charge in [-0.15, -0.1) is 0 Å². The van der Waals surface area contributed by atoms with Crippen LogP contribution in [0.25, 0.3) is 0 Å². The molecule has 0 spiro atoms. The smallest absolute Gasteiger partial charge is 0.208 e. The van der Waals surface area contributed by atoms with Crippen LogP contribution in [0.2, 0.25) is 0 Å². The third kappa shape index (κ3) is 3.96. The Balaban J connectivity index is 2.34. The van der Waals surface area contributed by atoms with Crippen molar-refractivity contribution < 1.29 is 8.42 Å². The molecular weight excluding hydrogens is 198 g/mol. The second kappa shape index (κ2) is 4.62. The molecule has 0 heterocycles. The zero-order valence-electron chi connectivity index (χ0n) is 9.29. The monoisotopic (exact) mass is 219 g/mol. The lowest BCUT2D eigenvalue weighted by atomic mass is 9.76. The molecule has 1 aliphatic carbocycles. The van der Waals surface area contributed by atoms with Crippen molar-refractivity contribution in [2.24, 2.45) is 17.8 Å². The second-order valence-corrected chi connectivity index (χ2v) is 6.59. The molecule has 1 rings (SSSR count). The summed E-state index contributed by atoms with van der Waals surface area (Å²) in [4.78, 5) is 0. The standard InChI is InChI=1S/C10H21NO2S/c1-8-4-5-10(6-9(8)2)7-11-14(3,12)13/h8-11H,4-7H2,1-3H3. The molecule has 1 fully saturated rings. The number of sulfonamides is 1. The first-order valence-corrected chi connectivity index (χ1v) is 7.22. The summed E-state index contributed by atoms with van der Waals surface area (Å²) >= 11 is 0. The van der Waals surface area contributed by atoms with Crippen LogP contribution in [0.5, 0.6) is 0 Å². The molecule has 3 nitrogen and oxygen atoms in total. The van der Waals surface area contributed by atoms with Gasteiger partial charge < -0.3 is 0 Å². The molecule has 1 N–H and O–H groups in total. The van der Waals surface area contributed by atoms with Crippen molar-refractivity contribution >= 4 is 10.0 Å². The van der Waals surface area contributed by atoms with E-state index in [1.54, 1.807) is 0 Å². The average molecular weight is 219 g/mol. The molecule has 0 aromatic heterocycles. The summed E-state index contributed by atoms with van der Waals surface area (Å²) in [5, 5.41) is 0. The van der Waals surface area contributed by atoms with Crippen LogP contribution in [0.4, 0.5) is 0 Å². The summed E-state index contributed by atoms with van der Waals surface area (Å²) in [6.45, 7) is 5.16. The van der Waals surface area contributed by atoms with Gasteiger partial charge in [0.15, 0.2) is 0 Å². The maximum Gasteiger partial charge on any atom is 0.208 e. The van der Waals surface area contributed by atoms with Crippen molar-refractivity contribution in [3.8, 4) is 0 Å². The zero-order valence-corrected chi connectivity index (χ0v) is 10.1. The molecule has 84 valence electrons. The number of hydrogen-bond donors (Lipinski definition) is 1. The van der Waals surface area contributed by atoms with Crippen LogP contribution in [0.3, 0.4) is 0 Å². The number of rotatable bonds is 3. The van der Waals surface area contributed by atoms with Gasteiger partial charge in [-0.1, -0.05) is 20.3 Å². The minimum Gasteiger partial charge on any atom is -0.215 e. The van der Waals surface area contributed by atoms with E-state index in [1.807, 2.05) is 0 Å². The molecule has 1 aliphatic rings. The highest BCUT2D eigenvalue weighted by Crippen LogP contribution is 2.32. The molecule has 0 aromatic rings. The Morgan fingerprint density at radius 2 is 1.86 bits per heavy atom. The summed E-state index contributed by atoms with van der Waals surface area (Å²) in [5.41, 5.74) is 0. The van der Waals surface area contributed by atoms with Gasteiger partial charge in [0.1, 0.15) is 0 Å². The minimum atomic E-state index is -3.00. The highest BCUT2D eigenvalue weighted by atomic mass is 32.2. The lowest BCUT2D eigenvalue weighted by molar-refractivity contribution is 0.210. The molecule has 3 atom stereocenters. The summed E-state index contributed by atoms with van der Waals surface area (Å²) in [5.74, 6) is 2.07. The highest BCUT2D eigenvalue weighted by molar-refractivity contribution is 7.88. The fraction of sp³-hybridized carbons (Fsp3) is 1.00. The quantitative estimate of drug-likeness (QED) is 0.784. The second-order valence-electron chi connectivity index (χ2n) is 4.75. The maximum atomic E-state index is 10.9. The van der Waals surface area contributed by atoms with Crippen molar-refractivity contribution in [2.75, 3.05) is 12.8 Å². The van der Waals surface area contributed by atoms with E-state index in [4.69, 9.17) is 0 Å². The largest absolute Gasteiger partial charge is 0.215 e. The minimum absolute atomic E-state index is 0.538. The normalized spacial score (nSPS) is 34.4. The van der Waals surface area contributed by atoms with E-state index in [-0.39, 0.29) is 0 Å². The van der Waals surface area contributed by atoms with Crippen LogP contribution < -0.4 is 4.72 Å². The molecular formula is C10H21NO2S. The van der Waals surface area contributed by atoms with Gasteiger partial charge in [0.2, 0.25) is 10.0 Å². The van der Waals surface area contributed by atoms with Crippen molar-refractivity contribution in [2.45, 2.75) is 33.1 Å². The molecule has 0 aromatic carbocycles. The fourth-order valence-corrected chi connectivity index (χ4v) is 2.65. The molecule has 0 radical (unpaired) electrons. The summed E-state index contributed by atoms with van der Waals surface area (Å²) < 4.78 is 24.4. The first-order valence-electron chi connectivity index (χ1n) is 5.33. The molecule has 14 heavy (non-hydrogen) atoms. The van der Waals surface area contributed by atoms with Crippen LogP contribution in [0, 0.1) is 17.8 Å². The van der Waals surface area contributed by atoms with Gasteiger partial charge in [-0.05, 0) is 30.6 Å². The Morgan fingerprint density at radius 1 is 1.21 bits per heavy atom. The lowest BCUT2D eigenvalue weighted by Gasteiger charge is -2.31. The molecule has 0 amide bonds. The predicted octanol–water partition coefficient (Wildman–Crippen LogP) is 1.61. The van der Waals surface area contributed by atoms with Crippen molar-refractivity contribution in [1.29, 1.82) is 0 Å². The predicted molar refractivity (Wildman–Crippen MR) is 58.5 cm³/mol. The van der Waals surface area contributed by atoms with Crippen molar-refractivity contribution in [1.82, 2.24) is 4.72 Å². The van der Waals surface area contributed by atoms with E-state index in [1.165, 1.54) is 12.7 Å². The van der Waals surface area contributed by atoms with E-state index in [0.717, 1.165) is 24.7 Å². The fourth-order valence-electron chi connectivity index (χ4n) is 2.11. The Bertz CT molecular complexity index is 274. The van der Waals surface area contributed by atoms with Crippen molar-refractivity contribution in [3.63, 3.8) is 0 Å². The Labute approximate surface area is 87.3 Å².